The molecule has 0 aliphatic carbocycles. The molecule has 1 atom stereocenters. The second-order valence-corrected chi connectivity index (χ2v) is 7.63. The van der Waals surface area contributed by atoms with Gasteiger partial charge in [-0.1, -0.05) is 42.1 Å². The van der Waals surface area contributed by atoms with Crippen molar-refractivity contribution in [3.63, 3.8) is 0 Å². The number of aromatic nitrogens is 4. The quantitative estimate of drug-likeness (QED) is 0.498. The molecule has 2 aromatic carbocycles. The highest BCUT2D eigenvalue weighted by Crippen LogP contribution is 2.35. The highest BCUT2D eigenvalue weighted by Gasteiger charge is 2.25. The molecular weight excluding hydrogens is 389 g/mol. The zero-order valence-electron chi connectivity index (χ0n) is 15.8. The SMILES string of the molecule is Cc1cc(C)n2c(SC(C(=O)Nc3ccc(F)cc3)c3ccccc3)nnc2n1. The van der Waals surface area contributed by atoms with Crippen molar-refractivity contribution in [3.05, 3.63) is 83.4 Å². The first-order valence-electron chi connectivity index (χ1n) is 8.98. The van der Waals surface area contributed by atoms with Gasteiger partial charge in [0, 0.05) is 17.1 Å². The third-order valence-corrected chi connectivity index (χ3v) is 5.54. The lowest BCUT2D eigenvalue weighted by Crippen LogP contribution is -2.19. The summed E-state index contributed by atoms with van der Waals surface area (Å²) in [5.41, 5.74) is 3.14. The molecule has 4 aromatic rings. The normalized spacial score (nSPS) is 12.1. The average molecular weight is 407 g/mol. The fourth-order valence-electron chi connectivity index (χ4n) is 3.02. The highest BCUT2D eigenvalue weighted by atomic mass is 32.2. The van der Waals surface area contributed by atoms with E-state index in [-0.39, 0.29) is 11.7 Å². The fourth-order valence-corrected chi connectivity index (χ4v) is 4.11. The maximum atomic E-state index is 13.2. The minimum Gasteiger partial charge on any atom is -0.325 e. The Kier molecular flexibility index (Phi) is 5.26. The number of hydrogen-bond donors (Lipinski definition) is 1. The molecule has 29 heavy (non-hydrogen) atoms. The number of nitrogens with one attached hydrogen (secondary N) is 1. The second kappa shape index (κ2) is 8.00. The van der Waals surface area contributed by atoms with E-state index in [0.717, 1.165) is 17.0 Å². The van der Waals surface area contributed by atoms with E-state index in [1.807, 2.05) is 54.6 Å². The van der Waals surface area contributed by atoms with Gasteiger partial charge < -0.3 is 5.32 Å². The largest absolute Gasteiger partial charge is 0.325 e. The Labute approximate surface area is 171 Å². The maximum Gasteiger partial charge on any atom is 0.256 e. The highest BCUT2D eigenvalue weighted by molar-refractivity contribution is 8.00. The molecule has 0 bridgehead atoms. The number of aryl methyl sites for hydroxylation is 2. The van der Waals surface area contributed by atoms with Gasteiger partial charge in [-0.25, -0.2) is 9.37 Å². The van der Waals surface area contributed by atoms with E-state index in [4.69, 9.17) is 0 Å². The van der Waals surface area contributed by atoms with Crippen molar-refractivity contribution in [3.8, 4) is 0 Å². The van der Waals surface area contributed by atoms with Gasteiger partial charge in [0.05, 0.1) is 0 Å². The standard InChI is InChI=1S/C21H18FN5OS/c1-13-12-14(2)27-20(23-13)25-26-21(27)29-18(15-6-4-3-5-7-15)19(28)24-17-10-8-16(22)9-11-17/h3-12,18H,1-2H3,(H,24,28). The molecule has 0 radical (unpaired) electrons. The maximum absolute atomic E-state index is 13.2. The Hall–Kier alpha value is -3.26. The predicted octanol–water partition coefficient (Wildman–Crippen LogP) is 4.35. The Bertz CT molecular complexity index is 1160. The molecular formula is C21H18FN5OS. The number of carbonyl (C=O) groups is 1. The van der Waals surface area contributed by atoms with Crippen molar-refractivity contribution in [2.45, 2.75) is 24.3 Å². The van der Waals surface area contributed by atoms with E-state index in [2.05, 4.69) is 20.5 Å². The van der Waals surface area contributed by atoms with Crippen molar-refractivity contribution < 1.29 is 9.18 Å². The molecule has 146 valence electrons. The number of nitrogens with zero attached hydrogens (tertiary/aromatic N) is 4. The van der Waals surface area contributed by atoms with Crippen LogP contribution in [-0.4, -0.2) is 25.5 Å². The summed E-state index contributed by atoms with van der Waals surface area (Å²) < 4.78 is 15.0. The van der Waals surface area contributed by atoms with Gasteiger partial charge in [0.15, 0.2) is 5.16 Å². The molecule has 1 amide bonds. The molecule has 2 aromatic heterocycles. The van der Waals surface area contributed by atoms with Crippen molar-refractivity contribution in [2.24, 2.45) is 0 Å². The van der Waals surface area contributed by atoms with Crippen LogP contribution >= 0.6 is 11.8 Å². The number of carbonyl (C=O) groups excluding carboxylic acids is 1. The lowest BCUT2D eigenvalue weighted by Gasteiger charge is -2.16. The number of amides is 1. The van der Waals surface area contributed by atoms with Crippen LogP contribution in [0.3, 0.4) is 0 Å². The van der Waals surface area contributed by atoms with Crippen LogP contribution in [0.1, 0.15) is 22.2 Å². The second-order valence-electron chi connectivity index (χ2n) is 6.56. The first kappa shape index (κ1) is 19.1. The summed E-state index contributed by atoms with van der Waals surface area (Å²) in [6, 6.07) is 17.1. The molecule has 0 spiro atoms. The van der Waals surface area contributed by atoms with Crippen LogP contribution in [0.25, 0.3) is 5.78 Å². The lowest BCUT2D eigenvalue weighted by atomic mass is 10.1. The number of rotatable bonds is 5. The van der Waals surface area contributed by atoms with Crippen molar-refractivity contribution in [1.29, 1.82) is 0 Å². The summed E-state index contributed by atoms with van der Waals surface area (Å²) in [6.45, 7) is 3.85. The summed E-state index contributed by atoms with van der Waals surface area (Å²) in [7, 11) is 0. The van der Waals surface area contributed by atoms with Gasteiger partial charge in [-0.2, -0.15) is 0 Å². The molecule has 2 heterocycles. The van der Waals surface area contributed by atoms with Crippen molar-refractivity contribution >= 4 is 29.1 Å². The van der Waals surface area contributed by atoms with Gasteiger partial charge in [-0.15, -0.1) is 10.2 Å². The predicted molar refractivity (Wildman–Crippen MR) is 110 cm³/mol. The molecule has 1 unspecified atom stereocenters. The van der Waals surface area contributed by atoms with Gasteiger partial charge in [0.2, 0.25) is 5.91 Å². The van der Waals surface area contributed by atoms with Crippen LogP contribution in [-0.2, 0) is 4.79 Å². The van der Waals surface area contributed by atoms with Crippen LogP contribution in [0.4, 0.5) is 10.1 Å². The minimum absolute atomic E-state index is 0.234. The van der Waals surface area contributed by atoms with Crippen LogP contribution in [0.5, 0.6) is 0 Å². The molecule has 0 saturated carbocycles. The zero-order chi connectivity index (χ0) is 20.4. The molecule has 8 heteroatoms. The summed E-state index contributed by atoms with van der Waals surface area (Å²) in [5.74, 6) is -0.0942. The monoisotopic (exact) mass is 407 g/mol. The first-order valence-corrected chi connectivity index (χ1v) is 9.86. The number of hydrogen-bond acceptors (Lipinski definition) is 5. The molecule has 6 nitrogen and oxygen atoms in total. The molecule has 0 fully saturated rings. The number of benzene rings is 2. The Morgan fingerprint density at radius 1 is 1.07 bits per heavy atom. The van der Waals surface area contributed by atoms with E-state index in [1.54, 1.807) is 0 Å². The Morgan fingerprint density at radius 3 is 2.52 bits per heavy atom. The van der Waals surface area contributed by atoms with E-state index in [0.29, 0.717) is 16.6 Å². The van der Waals surface area contributed by atoms with Gasteiger partial charge in [-0.3, -0.25) is 9.20 Å². The van der Waals surface area contributed by atoms with E-state index in [9.17, 15) is 9.18 Å². The molecule has 0 aliphatic rings. The Morgan fingerprint density at radius 2 is 1.79 bits per heavy atom. The van der Waals surface area contributed by atoms with Crippen molar-refractivity contribution in [2.75, 3.05) is 5.32 Å². The molecule has 4 rings (SSSR count). The summed E-state index contributed by atoms with van der Waals surface area (Å²) in [4.78, 5) is 17.5. The summed E-state index contributed by atoms with van der Waals surface area (Å²) in [5, 5.41) is 11.2. The van der Waals surface area contributed by atoms with E-state index in [1.165, 1.54) is 36.0 Å². The Balaban J connectivity index is 1.68. The minimum atomic E-state index is -0.575. The third-order valence-electron chi connectivity index (χ3n) is 4.34. The van der Waals surface area contributed by atoms with E-state index >= 15 is 0 Å². The number of thioether (sulfide) groups is 1. The zero-order valence-corrected chi connectivity index (χ0v) is 16.7. The summed E-state index contributed by atoms with van der Waals surface area (Å²) in [6.07, 6.45) is 0. The van der Waals surface area contributed by atoms with Crippen LogP contribution < -0.4 is 5.32 Å². The third kappa shape index (κ3) is 4.12. The van der Waals surface area contributed by atoms with Crippen LogP contribution in [0.15, 0.2) is 65.8 Å². The molecule has 0 aliphatic heterocycles. The van der Waals surface area contributed by atoms with E-state index < -0.39 is 5.25 Å². The fraction of sp³-hybridized carbons (Fsp3) is 0.143. The summed E-state index contributed by atoms with van der Waals surface area (Å²) >= 11 is 1.29. The number of anilines is 1. The van der Waals surface area contributed by atoms with Crippen LogP contribution in [0, 0.1) is 19.7 Å². The number of halogens is 1. The van der Waals surface area contributed by atoms with Gasteiger partial charge in [-0.05, 0) is 49.7 Å². The van der Waals surface area contributed by atoms with Gasteiger partial charge >= 0.3 is 0 Å². The van der Waals surface area contributed by atoms with Gasteiger partial charge in [0.1, 0.15) is 11.1 Å². The van der Waals surface area contributed by atoms with Crippen molar-refractivity contribution in [1.82, 2.24) is 19.6 Å². The van der Waals surface area contributed by atoms with Crippen LogP contribution in [0.2, 0.25) is 0 Å². The first-order chi connectivity index (χ1) is 14.0. The molecule has 1 N–H and O–H groups in total. The molecule has 0 saturated heterocycles. The lowest BCUT2D eigenvalue weighted by molar-refractivity contribution is -0.115. The smallest absolute Gasteiger partial charge is 0.256 e. The average Bonchev–Trinajstić information content (AvgIpc) is 3.11. The topological polar surface area (TPSA) is 72.2 Å². The number of fused-ring (bicyclic) bond motifs is 1. The van der Waals surface area contributed by atoms with Gasteiger partial charge in [0.25, 0.3) is 5.78 Å².